The molecule has 142 valence electrons. The van der Waals surface area contributed by atoms with E-state index in [1.807, 2.05) is 48.5 Å². The van der Waals surface area contributed by atoms with Crippen LogP contribution in [0.2, 0.25) is 0 Å². The molecular weight excluding hydrogens is 358 g/mol. The summed E-state index contributed by atoms with van der Waals surface area (Å²) in [5.41, 5.74) is 7.33. The normalized spacial score (nSPS) is 10.6. The molecule has 0 radical (unpaired) electrons. The van der Waals surface area contributed by atoms with Crippen molar-refractivity contribution < 1.29 is 14.3 Å². The minimum atomic E-state index is -0.528. The Morgan fingerprint density at radius 2 is 1.93 bits per heavy atom. The molecule has 0 saturated carbocycles. The molecular formula is C20H19N5O3. The van der Waals surface area contributed by atoms with Crippen molar-refractivity contribution in [2.75, 3.05) is 18.2 Å². The topological polar surface area (TPSA) is 112 Å². The maximum absolute atomic E-state index is 11.9. The van der Waals surface area contributed by atoms with Gasteiger partial charge < -0.3 is 20.5 Å². The number of hydrogen-bond donors (Lipinski definition) is 2. The monoisotopic (exact) mass is 377 g/mol. The SMILES string of the molecule is COc1cccc(C=CC(=O)OCc2nc(N)nc(Nc3ccccc3)n2)c1. The Morgan fingerprint density at radius 3 is 2.71 bits per heavy atom. The molecule has 8 heteroatoms. The molecule has 0 aliphatic heterocycles. The van der Waals surface area contributed by atoms with Gasteiger partial charge >= 0.3 is 5.97 Å². The van der Waals surface area contributed by atoms with Crippen molar-refractivity contribution in [2.45, 2.75) is 6.61 Å². The summed E-state index contributed by atoms with van der Waals surface area (Å²) in [4.78, 5) is 24.2. The Bertz CT molecular complexity index is 977. The predicted octanol–water partition coefficient (Wildman–Crippen LogP) is 2.96. The maximum Gasteiger partial charge on any atom is 0.331 e. The van der Waals surface area contributed by atoms with Gasteiger partial charge in [0.25, 0.3) is 0 Å². The van der Waals surface area contributed by atoms with Gasteiger partial charge in [-0.2, -0.15) is 15.0 Å². The van der Waals surface area contributed by atoms with E-state index < -0.39 is 5.97 Å². The van der Waals surface area contributed by atoms with Crippen LogP contribution in [0.15, 0.2) is 60.7 Å². The van der Waals surface area contributed by atoms with Crippen LogP contribution in [0.1, 0.15) is 11.4 Å². The Balaban J connectivity index is 1.60. The highest BCUT2D eigenvalue weighted by Crippen LogP contribution is 2.14. The van der Waals surface area contributed by atoms with E-state index in [0.717, 1.165) is 11.3 Å². The van der Waals surface area contributed by atoms with Crippen LogP contribution in [0.5, 0.6) is 5.75 Å². The minimum absolute atomic E-state index is 0.0337. The Morgan fingerprint density at radius 1 is 1.11 bits per heavy atom. The fraction of sp³-hybridized carbons (Fsp3) is 0.100. The molecule has 3 aromatic rings. The number of hydrogen-bond acceptors (Lipinski definition) is 8. The number of benzene rings is 2. The second kappa shape index (κ2) is 9.13. The van der Waals surface area contributed by atoms with E-state index in [4.69, 9.17) is 15.2 Å². The van der Waals surface area contributed by atoms with Gasteiger partial charge in [-0.3, -0.25) is 0 Å². The fourth-order valence-electron chi connectivity index (χ4n) is 2.30. The third-order valence-corrected chi connectivity index (χ3v) is 3.58. The lowest BCUT2D eigenvalue weighted by atomic mass is 10.2. The van der Waals surface area contributed by atoms with E-state index in [9.17, 15) is 4.79 Å². The van der Waals surface area contributed by atoms with Crippen LogP contribution in [-0.2, 0) is 16.1 Å². The van der Waals surface area contributed by atoms with E-state index in [0.29, 0.717) is 5.75 Å². The number of para-hydroxylation sites is 1. The number of nitrogens with two attached hydrogens (primary N) is 1. The molecule has 0 amide bonds. The van der Waals surface area contributed by atoms with Crippen molar-refractivity contribution in [1.29, 1.82) is 0 Å². The second-order valence-corrected chi connectivity index (χ2v) is 5.64. The van der Waals surface area contributed by atoms with Crippen LogP contribution >= 0.6 is 0 Å². The van der Waals surface area contributed by atoms with Gasteiger partial charge in [-0.25, -0.2) is 4.79 Å². The number of ether oxygens (including phenoxy) is 2. The molecule has 0 saturated heterocycles. The van der Waals surface area contributed by atoms with Crippen molar-refractivity contribution in [3.05, 3.63) is 72.1 Å². The average Bonchev–Trinajstić information content (AvgIpc) is 2.71. The molecule has 2 aromatic carbocycles. The lowest BCUT2D eigenvalue weighted by molar-refractivity contribution is -0.139. The molecule has 0 bridgehead atoms. The zero-order valence-corrected chi connectivity index (χ0v) is 15.2. The molecule has 1 aromatic heterocycles. The van der Waals surface area contributed by atoms with Gasteiger partial charge in [0.2, 0.25) is 11.9 Å². The van der Waals surface area contributed by atoms with Crippen LogP contribution in [0, 0.1) is 0 Å². The summed E-state index contributed by atoms with van der Waals surface area (Å²) < 4.78 is 10.3. The molecule has 0 aliphatic rings. The zero-order chi connectivity index (χ0) is 19.8. The van der Waals surface area contributed by atoms with Gasteiger partial charge in [-0.05, 0) is 35.9 Å². The smallest absolute Gasteiger partial charge is 0.331 e. The quantitative estimate of drug-likeness (QED) is 0.477. The molecule has 0 atom stereocenters. The van der Waals surface area contributed by atoms with Crippen LogP contribution in [0.3, 0.4) is 0 Å². The lowest BCUT2D eigenvalue weighted by Gasteiger charge is -2.07. The standard InChI is InChI=1S/C20H19N5O3/c1-27-16-9-5-6-14(12-16)10-11-18(26)28-13-17-23-19(21)25-20(24-17)22-15-7-3-2-4-8-15/h2-12H,13H2,1H3,(H3,21,22,23,24,25). The van der Waals surface area contributed by atoms with Crippen molar-refractivity contribution in [3.63, 3.8) is 0 Å². The molecule has 28 heavy (non-hydrogen) atoms. The molecule has 0 spiro atoms. The number of nitrogens with one attached hydrogen (secondary N) is 1. The third-order valence-electron chi connectivity index (χ3n) is 3.58. The van der Waals surface area contributed by atoms with Gasteiger partial charge in [0.15, 0.2) is 12.4 Å². The molecule has 1 heterocycles. The molecule has 0 fully saturated rings. The van der Waals surface area contributed by atoms with Gasteiger partial charge in [-0.1, -0.05) is 30.3 Å². The highest BCUT2D eigenvalue weighted by atomic mass is 16.5. The number of rotatable bonds is 7. The average molecular weight is 377 g/mol. The number of nitrogen functional groups attached to an aromatic ring is 1. The number of carbonyl (C=O) groups is 1. The van der Waals surface area contributed by atoms with Crippen LogP contribution in [0.25, 0.3) is 6.08 Å². The van der Waals surface area contributed by atoms with Gasteiger partial charge in [0, 0.05) is 11.8 Å². The molecule has 3 N–H and O–H groups in total. The Hall–Kier alpha value is -3.94. The summed E-state index contributed by atoms with van der Waals surface area (Å²) in [6, 6.07) is 16.7. The molecule has 3 rings (SSSR count). The van der Waals surface area contributed by atoms with Crippen molar-refractivity contribution in [2.24, 2.45) is 0 Å². The summed E-state index contributed by atoms with van der Waals surface area (Å²) >= 11 is 0. The largest absolute Gasteiger partial charge is 0.497 e. The van der Waals surface area contributed by atoms with E-state index in [2.05, 4.69) is 20.3 Å². The van der Waals surface area contributed by atoms with Crippen molar-refractivity contribution in [3.8, 4) is 5.75 Å². The maximum atomic E-state index is 11.9. The fourth-order valence-corrected chi connectivity index (χ4v) is 2.30. The minimum Gasteiger partial charge on any atom is -0.497 e. The van der Waals surface area contributed by atoms with E-state index in [1.165, 1.54) is 6.08 Å². The first-order chi connectivity index (χ1) is 13.6. The molecule has 0 unspecified atom stereocenters. The number of nitrogens with zero attached hydrogens (tertiary/aromatic N) is 3. The number of aromatic nitrogens is 3. The lowest BCUT2D eigenvalue weighted by Crippen LogP contribution is -2.10. The van der Waals surface area contributed by atoms with Gasteiger partial charge in [-0.15, -0.1) is 0 Å². The highest BCUT2D eigenvalue weighted by Gasteiger charge is 2.07. The van der Waals surface area contributed by atoms with Crippen LogP contribution in [-0.4, -0.2) is 28.0 Å². The van der Waals surface area contributed by atoms with Crippen molar-refractivity contribution in [1.82, 2.24) is 15.0 Å². The summed E-state index contributed by atoms with van der Waals surface area (Å²) in [7, 11) is 1.58. The van der Waals surface area contributed by atoms with Crippen LogP contribution in [0.4, 0.5) is 17.6 Å². The van der Waals surface area contributed by atoms with Crippen LogP contribution < -0.4 is 15.8 Å². The number of anilines is 3. The first kappa shape index (κ1) is 18.8. The Kier molecular flexibility index (Phi) is 6.14. The summed E-state index contributed by atoms with van der Waals surface area (Å²) in [6.45, 7) is -0.128. The number of carbonyl (C=O) groups excluding carboxylic acids is 1. The molecule has 8 nitrogen and oxygen atoms in total. The third kappa shape index (κ3) is 5.53. The van der Waals surface area contributed by atoms with E-state index in [1.54, 1.807) is 19.3 Å². The second-order valence-electron chi connectivity index (χ2n) is 5.64. The summed E-state index contributed by atoms with van der Waals surface area (Å²) in [5.74, 6) is 0.728. The molecule has 0 aliphatic carbocycles. The predicted molar refractivity (Wildman–Crippen MR) is 106 cm³/mol. The summed E-state index contributed by atoms with van der Waals surface area (Å²) in [6.07, 6.45) is 2.96. The summed E-state index contributed by atoms with van der Waals surface area (Å²) in [5, 5.41) is 3.02. The zero-order valence-electron chi connectivity index (χ0n) is 15.2. The van der Waals surface area contributed by atoms with E-state index in [-0.39, 0.29) is 24.3 Å². The van der Waals surface area contributed by atoms with Gasteiger partial charge in [0.1, 0.15) is 5.75 Å². The number of esters is 1. The first-order valence-electron chi connectivity index (χ1n) is 8.44. The van der Waals surface area contributed by atoms with Crippen molar-refractivity contribution >= 4 is 29.6 Å². The highest BCUT2D eigenvalue weighted by molar-refractivity contribution is 5.87. The number of methoxy groups -OCH3 is 1. The van der Waals surface area contributed by atoms with E-state index >= 15 is 0 Å². The first-order valence-corrected chi connectivity index (χ1v) is 8.44. The Labute approximate surface area is 162 Å². The van der Waals surface area contributed by atoms with Gasteiger partial charge in [0.05, 0.1) is 7.11 Å².